The predicted octanol–water partition coefficient (Wildman–Crippen LogP) is -2.21. The van der Waals surface area contributed by atoms with E-state index in [1.54, 1.807) is 0 Å². The summed E-state index contributed by atoms with van der Waals surface area (Å²) in [4.78, 5) is 27.5. The van der Waals surface area contributed by atoms with Crippen molar-refractivity contribution < 1.29 is 24.5 Å². The van der Waals surface area contributed by atoms with Crippen molar-refractivity contribution in [3.63, 3.8) is 0 Å². The van der Waals surface area contributed by atoms with Crippen molar-refractivity contribution in [1.29, 1.82) is 0 Å². The highest BCUT2D eigenvalue weighted by Gasteiger charge is 2.41. The molecule has 0 spiro atoms. The number of nitrogens with one attached hydrogen (secondary N) is 1. The average molecular weight is 319 g/mol. The van der Waals surface area contributed by atoms with Crippen LogP contribution in [0.5, 0.6) is 0 Å². The maximum Gasteiger partial charge on any atom is 0.288 e. The summed E-state index contributed by atoms with van der Waals surface area (Å²) in [6.07, 6.45) is 0.324. The molecule has 2 amide bonds. The molecule has 0 aliphatic carbocycles. The molecule has 6 nitrogen and oxygen atoms in total. The van der Waals surface area contributed by atoms with Gasteiger partial charge in [0.15, 0.2) is 6.04 Å². The molecule has 1 aromatic rings. The van der Waals surface area contributed by atoms with Crippen LogP contribution >= 0.6 is 0 Å². The van der Waals surface area contributed by atoms with Crippen LogP contribution in [0.25, 0.3) is 0 Å². The minimum atomic E-state index is -0.244. The van der Waals surface area contributed by atoms with Crippen molar-refractivity contribution in [2.24, 2.45) is 0 Å². The normalized spacial score (nSPS) is 22.8. The van der Waals surface area contributed by atoms with Crippen molar-refractivity contribution in [2.45, 2.75) is 19.0 Å². The van der Waals surface area contributed by atoms with E-state index in [1.807, 2.05) is 35.6 Å². The Morgan fingerprint density at radius 3 is 2.65 bits per heavy atom. The summed E-state index contributed by atoms with van der Waals surface area (Å²) in [7, 11) is 0. The molecule has 2 saturated heterocycles. The van der Waals surface area contributed by atoms with Crippen LogP contribution in [-0.4, -0.2) is 62.1 Å². The molecule has 0 radical (unpaired) electrons. The molecule has 1 atom stereocenters. The highest BCUT2D eigenvalue weighted by atomic mass is 16.5. The van der Waals surface area contributed by atoms with Gasteiger partial charge in [-0.2, -0.15) is 0 Å². The molecular weight excluding hydrogens is 294 g/mol. The van der Waals surface area contributed by atoms with E-state index in [0.29, 0.717) is 13.0 Å². The number of hydrogen-bond acceptors (Lipinski definition) is 3. The number of ether oxygens (including phenoxy) is 1. The standard InChI is InChI=1S/C17H23N3O3/c21-16-12-15(18-6-7-19-8-10-23-11-9-19)17(22)20(16)13-14-4-2-1-3-5-14/h1-5,15,18H,6-13H2/p+2/t15-/m1/s1. The number of carbonyl (C=O) groups excluding carboxylic acids is 2. The van der Waals surface area contributed by atoms with Crippen LogP contribution in [0.2, 0.25) is 0 Å². The van der Waals surface area contributed by atoms with Crippen LogP contribution in [0.1, 0.15) is 12.0 Å². The Kier molecular flexibility index (Phi) is 5.38. The van der Waals surface area contributed by atoms with Gasteiger partial charge in [-0.3, -0.25) is 14.5 Å². The lowest BCUT2D eigenvalue weighted by Gasteiger charge is -2.23. The molecule has 2 fully saturated rings. The summed E-state index contributed by atoms with van der Waals surface area (Å²) in [6, 6.07) is 9.43. The maximum absolute atomic E-state index is 12.4. The molecule has 6 heteroatoms. The molecule has 0 unspecified atom stereocenters. The van der Waals surface area contributed by atoms with Gasteiger partial charge < -0.3 is 15.0 Å². The van der Waals surface area contributed by atoms with Gasteiger partial charge >= 0.3 is 0 Å². The van der Waals surface area contributed by atoms with Gasteiger partial charge in [-0.05, 0) is 5.56 Å². The number of hydrogen-bond donors (Lipinski definition) is 2. The minimum Gasteiger partial charge on any atom is -0.370 e. The SMILES string of the molecule is O=C1C[C@@H]([NH2+]CC[NH+]2CCOCC2)C(=O)N1Cc1ccccc1. The lowest BCUT2D eigenvalue weighted by molar-refractivity contribution is -0.920. The Morgan fingerprint density at radius 2 is 1.91 bits per heavy atom. The third kappa shape index (κ3) is 4.16. The molecule has 0 saturated carbocycles. The van der Waals surface area contributed by atoms with E-state index in [1.165, 1.54) is 9.80 Å². The fourth-order valence-electron chi connectivity index (χ4n) is 3.22. The van der Waals surface area contributed by atoms with Gasteiger partial charge in [-0.1, -0.05) is 30.3 Å². The van der Waals surface area contributed by atoms with E-state index in [2.05, 4.69) is 0 Å². The van der Waals surface area contributed by atoms with Crippen molar-refractivity contribution in [1.82, 2.24) is 4.90 Å². The quantitative estimate of drug-likeness (QED) is 0.585. The Bertz CT molecular complexity index is 543. The highest BCUT2D eigenvalue weighted by molar-refractivity contribution is 6.04. The van der Waals surface area contributed by atoms with Gasteiger partial charge in [-0.15, -0.1) is 0 Å². The molecule has 2 aliphatic rings. The van der Waals surface area contributed by atoms with Crippen molar-refractivity contribution in [3.05, 3.63) is 35.9 Å². The van der Waals surface area contributed by atoms with Gasteiger partial charge in [-0.25, -0.2) is 0 Å². The number of rotatable bonds is 6. The van der Waals surface area contributed by atoms with Crippen LogP contribution in [0.15, 0.2) is 30.3 Å². The summed E-state index contributed by atoms with van der Waals surface area (Å²) >= 11 is 0. The minimum absolute atomic E-state index is 0.0455. The molecular formula is C17H25N3O3+2. The monoisotopic (exact) mass is 319 g/mol. The number of carbonyl (C=O) groups is 2. The topological polar surface area (TPSA) is 67.7 Å². The number of nitrogens with two attached hydrogens (primary N) is 1. The van der Waals surface area contributed by atoms with Crippen molar-refractivity contribution >= 4 is 11.8 Å². The van der Waals surface area contributed by atoms with Crippen LogP contribution in [0.4, 0.5) is 0 Å². The van der Waals surface area contributed by atoms with Crippen molar-refractivity contribution in [2.75, 3.05) is 39.4 Å². The number of imide groups is 1. The Balaban J connectivity index is 1.48. The van der Waals surface area contributed by atoms with E-state index in [9.17, 15) is 9.59 Å². The van der Waals surface area contributed by atoms with Gasteiger partial charge in [0.1, 0.15) is 26.2 Å². The molecule has 124 valence electrons. The molecule has 2 aliphatic heterocycles. The fourth-order valence-corrected chi connectivity index (χ4v) is 3.22. The molecule has 0 aromatic heterocycles. The maximum atomic E-state index is 12.4. The number of morpholine rings is 1. The third-order valence-electron chi connectivity index (χ3n) is 4.61. The zero-order valence-electron chi connectivity index (χ0n) is 13.4. The summed E-state index contributed by atoms with van der Waals surface area (Å²) in [5.74, 6) is -0.102. The molecule has 3 N–H and O–H groups in total. The number of quaternary nitrogens is 2. The van der Waals surface area contributed by atoms with E-state index in [0.717, 1.165) is 45.0 Å². The number of likely N-dealkylation sites (tertiary alicyclic amines) is 1. The Labute approximate surface area is 136 Å². The zero-order chi connectivity index (χ0) is 16.1. The molecule has 2 heterocycles. The van der Waals surface area contributed by atoms with Gasteiger partial charge in [0.2, 0.25) is 5.91 Å². The second-order valence-electron chi connectivity index (χ2n) is 6.25. The lowest BCUT2D eigenvalue weighted by atomic mass is 10.2. The van der Waals surface area contributed by atoms with Crippen LogP contribution in [-0.2, 0) is 20.9 Å². The Hall–Kier alpha value is -1.76. The van der Waals surface area contributed by atoms with E-state index in [-0.39, 0.29) is 17.9 Å². The van der Waals surface area contributed by atoms with Crippen molar-refractivity contribution in [3.8, 4) is 0 Å². The summed E-state index contributed by atoms with van der Waals surface area (Å²) in [6.45, 7) is 5.98. The third-order valence-corrected chi connectivity index (χ3v) is 4.61. The molecule has 1 aromatic carbocycles. The zero-order valence-corrected chi connectivity index (χ0v) is 13.4. The highest BCUT2D eigenvalue weighted by Crippen LogP contribution is 2.14. The molecule has 0 bridgehead atoms. The predicted molar refractivity (Wildman–Crippen MR) is 83.6 cm³/mol. The van der Waals surface area contributed by atoms with Gasteiger partial charge in [0.25, 0.3) is 5.91 Å². The summed E-state index contributed by atoms with van der Waals surface area (Å²) in [5, 5.41) is 2.04. The molecule has 3 rings (SSSR count). The second kappa shape index (κ2) is 7.68. The van der Waals surface area contributed by atoms with Gasteiger partial charge in [0, 0.05) is 0 Å². The first-order chi connectivity index (χ1) is 11.2. The first kappa shape index (κ1) is 16.1. The number of benzene rings is 1. The first-order valence-electron chi connectivity index (χ1n) is 8.37. The smallest absolute Gasteiger partial charge is 0.288 e. The first-order valence-corrected chi connectivity index (χ1v) is 8.37. The van der Waals surface area contributed by atoms with E-state index >= 15 is 0 Å². The summed E-state index contributed by atoms with van der Waals surface area (Å²) < 4.78 is 5.34. The lowest BCUT2D eigenvalue weighted by Crippen LogP contribution is -3.16. The second-order valence-corrected chi connectivity index (χ2v) is 6.25. The number of amides is 2. The van der Waals surface area contributed by atoms with E-state index < -0.39 is 0 Å². The van der Waals surface area contributed by atoms with Gasteiger partial charge in [0.05, 0.1) is 26.2 Å². The fraction of sp³-hybridized carbons (Fsp3) is 0.529. The molecule has 23 heavy (non-hydrogen) atoms. The summed E-state index contributed by atoms with van der Waals surface area (Å²) in [5.41, 5.74) is 0.993. The average Bonchev–Trinajstić information content (AvgIpc) is 2.85. The van der Waals surface area contributed by atoms with E-state index in [4.69, 9.17) is 4.74 Å². The van der Waals surface area contributed by atoms with Crippen LogP contribution in [0.3, 0.4) is 0 Å². The number of nitrogens with zero attached hydrogens (tertiary/aromatic N) is 1. The van der Waals surface area contributed by atoms with Crippen LogP contribution in [0, 0.1) is 0 Å². The Morgan fingerprint density at radius 1 is 1.17 bits per heavy atom. The largest absolute Gasteiger partial charge is 0.370 e. The van der Waals surface area contributed by atoms with Crippen LogP contribution < -0.4 is 10.2 Å².